The van der Waals surface area contributed by atoms with E-state index in [9.17, 15) is 14.9 Å². The molecule has 1 heterocycles. The molecule has 0 fully saturated rings. The van der Waals surface area contributed by atoms with Crippen LogP contribution in [0.1, 0.15) is 21.7 Å². The lowest BCUT2D eigenvalue weighted by Gasteiger charge is -2.02. The van der Waals surface area contributed by atoms with Crippen LogP contribution in [0.2, 0.25) is 5.02 Å². The lowest BCUT2D eigenvalue weighted by Crippen LogP contribution is -2.17. The Hall–Kier alpha value is -3.45. The van der Waals surface area contributed by atoms with Crippen molar-refractivity contribution in [2.45, 2.75) is 6.92 Å². The molecule has 3 rings (SSSR count). The molecule has 7 nitrogen and oxygen atoms in total. The number of hydrogen-bond acceptors (Lipinski definition) is 5. The number of carbonyl (C=O) groups excluding carboxylic acids is 1. The number of nitro benzene ring substituents is 1. The number of aryl methyl sites for hydroxylation is 1. The topological polar surface area (TPSA) is 97.7 Å². The number of carbonyl (C=O) groups is 1. The number of amides is 1. The average Bonchev–Trinajstić information content (AvgIpc) is 3.10. The molecule has 0 saturated heterocycles. The Morgan fingerprint density at radius 1 is 1.22 bits per heavy atom. The van der Waals surface area contributed by atoms with Crippen molar-refractivity contribution in [1.82, 2.24) is 5.43 Å². The quantitative estimate of drug-likeness (QED) is 0.396. The van der Waals surface area contributed by atoms with Crippen LogP contribution in [0, 0.1) is 17.0 Å². The van der Waals surface area contributed by atoms with E-state index >= 15 is 0 Å². The molecule has 1 aromatic heterocycles. The van der Waals surface area contributed by atoms with Gasteiger partial charge in [0.15, 0.2) is 0 Å². The molecule has 0 aliphatic rings. The number of halogens is 1. The molecular weight excluding hydrogens is 370 g/mol. The number of hydrogen-bond donors (Lipinski definition) is 1. The monoisotopic (exact) mass is 383 g/mol. The van der Waals surface area contributed by atoms with Crippen molar-refractivity contribution in [3.05, 3.63) is 86.6 Å². The minimum atomic E-state index is -0.459. The molecule has 27 heavy (non-hydrogen) atoms. The van der Waals surface area contributed by atoms with E-state index in [0.29, 0.717) is 27.7 Å². The first-order chi connectivity index (χ1) is 12.9. The Balaban J connectivity index is 1.73. The highest BCUT2D eigenvalue weighted by molar-refractivity contribution is 6.30. The first kappa shape index (κ1) is 18.3. The van der Waals surface area contributed by atoms with Gasteiger partial charge >= 0.3 is 0 Å². The van der Waals surface area contributed by atoms with Crippen molar-refractivity contribution >= 4 is 29.4 Å². The van der Waals surface area contributed by atoms with Crippen LogP contribution < -0.4 is 5.43 Å². The zero-order valence-electron chi connectivity index (χ0n) is 14.2. The van der Waals surface area contributed by atoms with Gasteiger partial charge in [-0.1, -0.05) is 23.7 Å². The highest BCUT2D eigenvalue weighted by Crippen LogP contribution is 2.28. The number of nitro groups is 1. The van der Waals surface area contributed by atoms with E-state index < -0.39 is 10.8 Å². The zero-order valence-corrected chi connectivity index (χ0v) is 14.9. The van der Waals surface area contributed by atoms with Gasteiger partial charge in [-0.2, -0.15) is 5.10 Å². The summed E-state index contributed by atoms with van der Waals surface area (Å²) in [7, 11) is 0. The molecule has 0 aliphatic carbocycles. The molecule has 0 bridgehead atoms. The predicted octanol–water partition coefficient (Wildman–Crippen LogP) is 4.58. The molecule has 2 aromatic carbocycles. The van der Waals surface area contributed by atoms with Gasteiger partial charge in [0.05, 0.1) is 11.1 Å². The summed E-state index contributed by atoms with van der Waals surface area (Å²) >= 11 is 5.85. The number of benzene rings is 2. The van der Waals surface area contributed by atoms with Crippen molar-refractivity contribution in [2.24, 2.45) is 5.10 Å². The van der Waals surface area contributed by atoms with Crippen LogP contribution in [-0.4, -0.2) is 17.0 Å². The van der Waals surface area contributed by atoms with Crippen LogP contribution in [0.5, 0.6) is 0 Å². The molecule has 0 saturated carbocycles. The molecule has 0 spiro atoms. The van der Waals surface area contributed by atoms with Crippen LogP contribution in [0.4, 0.5) is 5.69 Å². The van der Waals surface area contributed by atoms with E-state index in [2.05, 4.69) is 10.5 Å². The lowest BCUT2D eigenvalue weighted by atomic mass is 10.1. The van der Waals surface area contributed by atoms with Gasteiger partial charge in [0.2, 0.25) is 0 Å². The van der Waals surface area contributed by atoms with E-state index in [0.717, 1.165) is 5.56 Å². The maximum Gasteiger partial charge on any atom is 0.271 e. The summed E-state index contributed by atoms with van der Waals surface area (Å²) in [5.74, 6) is 0.455. The van der Waals surface area contributed by atoms with E-state index in [1.807, 2.05) is 6.92 Å². The summed E-state index contributed by atoms with van der Waals surface area (Å²) in [6, 6.07) is 14.4. The van der Waals surface area contributed by atoms with Gasteiger partial charge < -0.3 is 4.42 Å². The SMILES string of the molecule is Cc1ccc([N+](=O)[O-])cc1-c1ccc(/C=N\NC(=O)c2cccc(Cl)c2)o1. The summed E-state index contributed by atoms with van der Waals surface area (Å²) < 4.78 is 5.65. The Morgan fingerprint density at radius 2 is 2.04 bits per heavy atom. The first-order valence-electron chi connectivity index (χ1n) is 7.88. The van der Waals surface area contributed by atoms with Gasteiger partial charge in [0, 0.05) is 28.3 Å². The molecule has 0 aliphatic heterocycles. The van der Waals surface area contributed by atoms with Gasteiger partial charge in [0.25, 0.3) is 11.6 Å². The fourth-order valence-electron chi connectivity index (χ4n) is 2.40. The first-order valence-corrected chi connectivity index (χ1v) is 8.26. The zero-order chi connectivity index (χ0) is 19.4. The number of nitrogens with one attached hydrogen (secondary N) is 1. The summed E-state index contributed by atoms with van der Waals surface area (Å²) in [6.45, 7) is 1.83. The third-order valence-electron chi connectivity index (χ3n) is 3.77. The number of hydrazone groups is 1. The normalized spacial score (nSPS) is 10.9. The molecular formula is C19H14ClN3O4. The van der Waals surface area contributed by atoms with Crippen LogP contribution >= 0.6 is 11.6 Å². The van der Waals surface area contributed by atoms with Gasteiger partial charge in [-0.15, -0.1) is 0 Å². The van der Waals surface area contributed by atoms with Crippen molar-refractivity contribution in [3.8, 4) is 11.3 Å². The van der Waals surface area contributed by atoms with Crippen LogP contribution in [-0.2, 0) is 0 Å². The molecule has 0 unspecified atom stereocenters. The number of rotatable bonds is 5. The van der Waals surface area contributed by atoms with Gasteiger partial charge in [0.1, 0.15) is 11.5 Å². The van der Waals surface area contributed by atoms with Gasteiger partial charge in [-0.3, -0.25) is 14.9 Å². The van der Waals surface area contributed by atoms with E-state index in [-0.39, 0.29) is 5.69 Å². The second-order valence-electron chi connectivity index (χ2n) is 5.67. The Bertz CT molecular complexity index is 1040. The summed E-state index contributed by atoms with van der Waals surface area (Å²) in [5, 5.41) is 15.3. The number of non-ortho nitro benzene ring substituents is 1. The third kappa shape index (κ3) is 4.39. The molecule has 1 N–H and O–H groups in total. The van der Waals surface area contributed by atoms with Crippen LogP contribution in [0.25, 0.3) is 11.3 Å². The number of nitrogens with zero attached hydrogens (tertiary/aromatic N) is 2. The Kier molecular flexibility index (Phi) is 5.33. The highest BCUT2D eigenvalue weighted by atomic mass is 35.5. The number of furan rings is 1. The van der Waals surface area contributed by atoms with Crippen LogP contribution in [0.3, 0.4) is 0 Å². The van der Waals surface area contributed by atoms with Gasteiger partial charge in [-0.25, -0.2) is 5.43 Å². The lowest BCUT2D eigenvalue weighted by molar-refractivity contribution is -0.384. The van der Waals surface area contributed by atoms with Crippen molar-refractivity contribution < 1.29 is 14.1 Å². The standard InChI is InChI=1S/C19H14ClN3O4/c1-12-5-6-15(23(25)26)10-17(12)18-8-7-16(27-18)11-21-22-19(24)13-3-2-4-14(20)9-13/h2-11H,1H3,(H,22,24)/b21-11-. The molecule has 1 amide bonds. The molecule has 0 atom stereocenters. The second-order valence-corrected chi connectivity index (χ2v) is 6.10. The molecule has 3 aromatic rings. The van der Waals surface area contributed by atoms with E-state index in [1.54, 1.807) is 36.4 Å². The smallest absolute Gasteiger partial charge is 0.271 e. The van der Waals surface area contributed by atoms with Crippen molar-refractivity contribution in [1.29, 1.82) is 0 Å². The minimum absolute atomic E-state index is 0.0176. The summed E-state index contributed by atoms with van der Waals surface area (Å²) in [5.41, 5.74) is 4.20. The maximum absolute atomic E-state index is 12.0. The Morgan fingerprint density at radius 3 is 2.78 bits per heavy atom. The largest absolute Gasteiger partial charge is 0.455 e. The highest BCUT2D eigenvalue weighted by Gasteiger charge is 2.13. The second kappa shape index (κ2) is 7.84. The maximum atomic E-state index is 12.0. The average molecular weight is 384 g/mol. The van der Waals surface area contributed by atoms with Crippen molar-refractivity contribution in [2.75, 3.05) is 0 Å². The molecule has 136 valence electrons. The van der Waals surface area contributed by atoms with E-state index in [1.165, 1.54) is 24.4 Å². The van der Waals surface area contributed by atoms with Crippen LogP contribution in [0.15, 0.2) is 64.1 Å². The van der Waals surface area contributed by atoms with Crippen molar-refractivity contribution in [3.63, 3.8) is 0 Å². The predicted molar refractivity (Wildman–Crippen MR) is 102 cm³/mol. The fraction of sp³-hybridized carbons (Fsp3) is 0.0526. The molecule has 8 heteroatoms. The fourth-order valence-corrected chi connectivity index (χ4v) is 2.60. The Labute approximate surface area is 159 Å². The minimum Gasteiger partial charge on any atom is -0.455 e. The summed E-state index contributed by atoms with van der Waals surface area (Å²) in [6.07, 6.45) is 1.35. The third-order valence-corrected chi connectivity index (χ3v) is 4.00. The molecule has 0 radical (unpaired) electrons. The van der Waals surface area contributed by atoms with E-state index in [4.69, 9.17) is 16.0 Å². The summed E-state index contributed by atoms with van der Waals surface area (Å²) in [4.78, 5) is 22.5. The van der Waals surface area contributed by atoms with Gasteiger partial charge in [-0.05, 0) is 42.8 Å².